The fraction of sp³-hybridized carbons (Fsp3) is 1.00. The molecule has 1 aliphatic rings. The van der Waals surface area contributed by atoms with Crippen molar-refractivity contribution < 1.29 is 14.6 Å². The van der Waals surface area contributed by atoms with E-state index in [0.717, 1.165) is 32.8 Å². The molecule has 1 rings (SSSR count). The summed E-state index contributed by atoms with van der Waals surface area (Å²) in [7, 11) is 0. The molecule has 0 aliphatic carbocycles. The maximum Gasteiger partial charge on any atom is 0.0642 e. The SMILES string of the molecule is CCNC(CO)COCC1CCOC1. The van der Waals surface area contributed by atoms with Gasteiger partial charge in [0.1, 0.15) is 0 Å². The molecule has 1 heterocycles. The first kappa shape index (κ1) is 11.9. The van der Waals surface area contributed by atoms with Crippen molar-refractivity contribution in [3.05, 3.63) is 0 Å². The van der Waals surface area contributed by atoms with Crippen molar-refractivity contribution in [1.82, 2.24) is 5.32 Å². The average Bonchev–Trinajstić information content (AvgIpc) is 2.69. The quantitative estimate of drug-likeness (QED) is 0.612. The summed E-state index contributed by atoms with van der Waals surface area (Å²) < 4.78 is 10.8. The molecule has 2 unspecified atom stereocenters. The minimum absolute atomic E-state index is 0.0716. The van der Waals surface area contributed by atoms with Gasteiger partial charge in [0.05, 0.1) is 32.5 Å². The van der Waals surface area contributed by atoms with Crippen LogP contribution in [-0.2, 0) is 9.47 Å². The highest BCUT2D eigenvalue weighted by atomic mass is 16.5. The normalized spacial score (nSPS) is 24.0. The molecule has 1 aliphatic heterocycles. The number of aliphatic hydroxyl groups is 1. The van der Waals surface area contributed by atoms with Crippen LogP contribution in [0.3, 0.4) is 0 Å². The molecule has 0 saturated carbocycles. The van der Waals surface area contributed by atoms with Gasteiger partial charge in [0.15, 0.2) is 0 Å². The van der Waals surface area contributed by atoms with Gasteiger partial charge < -0.3 is 19.9 Å². The topological polar surface area (TPSA) is 50.7 Å². The highest BCUT2D eigenvalue weighted by Crippen LogP contribution is 2.12. The van der Waals surface area contributed by atoms with Gasteiger partial charge in [-0.2, -0.15) is 0 Å². The lowest BCUT2D eigenvalue weighted by atomic mass is 10.1. The van der Waals surface area contributed by atoms with Crippen LogP contribution in [0.15, 0.2) is 0 Å². The third-order valence-corrected chi connectivity index (χ3v) is 2.41. The van der Waals surface area contributed by atoms with E-state index in [-0.39, 0.29) is 12.6 Å². The van der Waals surface area contributed by atoms with Crippen LogP contribution in [0.25, 0.3) is 0 Å². The van der Waals surface area contributed by atoms with E-state index in [1.54, 1.807) is 0 Å². The van der Waals surface area contributed by atoms with Gasteiger partial charge in [-0.25, -0.2) is 0 Å². The van der Waals surface area contributed by atoms with Crippen molar-refractivity contribution in [1.29, 1.82) is 0 Å². The molecule has 14 heavy (non-hydrogen) atoms. The summed E-state index contributed by atoms with van der Waals surface area (Å²) in [5.74, 6) is 0.552. The van der Waals surface area contributed by atoms with Crippen LogP contribution in [0.4, 0.5) is 0 Å². The molecule has 1 saturated heterocycles. The molecule has 84 valence electrons. The number of hydrogen-bond acceptors (Lipinski definition) is 4. The zero-order valence-electron chi connectivity index (χ0n) is 8.87. The minimum atomic E-state index is 0.0716. The molecule has 2 N–H and O–H groups in total. The fourth-order valence-electron chi connectivity index (χ4n) is 1.56. The number of ether oxygens (including phenoxy) is 2. The van der Waals surface area contributed by atoms with Gasteiger partial charge in [0.2, 0.25) is 0 Å². The van der Waals surface area contributed by atoms with Crippen LogP contribution in [0.1, 0.15) is 13.3 Å². The van der Waals surface area contributed by atoms with E-state index in [9.17, 15) is 0 Å². The van der Waals surface area contributed by atoms with E-state index in [4.69, 9.17) is 14.6 Å². The van der Waals surface area contributed by atoms with Crippen LogP contribution in [0, 0.1) is 5.92 Å². The Kier molecular flexibility index (Phi) is 6.10. The standard InChI is InChI=1S/C10H21NO3/c1-2-11-10(5-12)8-14-7-9-3-4-13-6-9/h9-12H,2-8H2,1H3. The second-order valence-corrected chi connectivity index (χ2v) is 3.70. The Morgan fingerprint density at radius 2 is 2.50 bits per heavy atom. The van der Waals surface area contributed by atoms with Crippen LogP contribution in [-0.4, -0.2) is 50.7 Å². The molecule has 0 aromatic heterocycles. The Labute approximate surface area is 85.6 Å². The van der Waals surface area contributed by atoms with E-state index in [1.165, 1.54) is 0 Å². The Hall–Kier alpha value is -0.160. The summed E-state index contributed by atoms with van der Waals surface area (Å²) >= 11 is 0. The maximum atomic E-state index is 8.98. The molecule has 0 aromatic rings. The monoisotopic (exact) mass is 203 g/mol. The van der Waals surface area contributed by atoms with Gasteiger partial charge in [-0.05, 0) is 13.0 Å². The van der Waals surface area contributed by atoms with Crippen molar-refractivity contribution in [2.45, 2.75) is 19.4 Å². The van der Waals surface area contributed by atoms with Crippen LogP contribution in [0.2, 0.25) is 0 Å². The highest BCUT2D eigenvalue weighted by molar-refractivity contribution is 4.66. The number of aliphatic hydroxyl groups excluding tert-OH is 1. The lowest BCUT2D eigenvalue weighted by molar-refractivity contribution is 0.0610. The van der Waals surface area contributed by atoms with Gasteiger partial charge in [-0.3, -0.25) is 0 Å². The maximum absolute atomic E-state index is 8.98. The smallest absolute Gasteiger partial charge is 0.0642 e. The van der Waals surface area contributed by atoms with Gasteiger partial charge in [-0.15, -0.1) is 0 Å². The van der Waals surface area contributed by atoms with E-state index in [0.29, 0.717) is 12.5 Å². The van der Waals surface area contributed by atoms with Crippen LogP contribution < -0.4 is 5.32 Å². The van der Waals surface area contributed by atoms with Gasteiger partial charge in [0.25, 0.3) is 0 Å². The van der Waals surface area contributed by atoms with Crippen molar-refractivity contribution in [3.8, 4) is 0 Å². The predicted octanol–water partition coefficient (Wildman–Crippen LogP) is 0.00990. The highest BCUT2D eigenvalue weighted by Gasteiger charge is 2.16. The Balaban J connectivity index is 2.00. The number of rotatable bonds is 7. The molecule has 0 amide bonds. The second kappa shape index (κ2) is 7.17. The van der Waals surface area contributed by atoms with Gasteiger partial charge >= 0.3 is 0 Å². The first-order valence-corrected chi connectivity index (χ1v) is 5.36. The van der Waals surface area contributed by atoms with Crippen molar-refractivity contribution in [3.63, 3.8) is 0 Å². The molecule has 0 aromatic carbocycles. The summed E-state index contributed by atoms with van der Waals surface area (Å²) in [6.07, 6.45) is 1.10. The first-order chi connectivity index (χ1) is 6.86. The molecular formula is C10H21NO3. The Bertz CT molecular complexity index is 137. The number of likely N-dealkylation sites (N-methyl/N-ethyl adjacent to an activating group) is 1. The summed E-state index contributed by atoms with van der Waals surface area (Å²) in [6.45, 7) is 6.04. The molecule has 0 bridgehead atoms. The summed E-state index contributed by atoms with van der Waals surface area (Å²) in [4.78, 5) is 0. The second-order valence-electron chi connectivity index (χ2n) is 3.70. The van der Waals surface area contributed by atoms with Gasteiger partial charge in [-0.1, -0.05) is 6.92 Å². The van der Waals surface area contributed by atoms with Crippen molar-refractivity contribution in [2.75, 3.05) is 39.6 Å². The van der Waals surface area contributed by atoms with E-state index < -0.39 is 0 Å². The van der Waals surface area contributed by atoms with Gasteiger partial charge in [0, 0.05) is 12.5 Å². The van der Waals surface area contributed by atoms with E-state index in [2.05, 4.69) is 5.32 Å². The van der Waals surface area contributed by atoms with E-state index in [1.807, 2.05) is 6.92 Å². The number of nitrogens with one attached hydrogen (secondary N) is 1. The average molecular weight is 203 g/mol. The molecule has 2 atom stereocenters. The molecule has 0 radical (unpaired) electrons. The lowest BCUT2D eigenvalue weighted by Gasteiger charge is -2.16. The number of hydrogen-bond donors (Lipinski definition) is 2. The zero-order chi connectivity index (χ0) is 10.2. The largest absolute Gasteiger partial charge is 0.395 e. The Morgan fingerprint density at radius 1 is 1.64 bits per heavy atom. The van der Waals surface area contributed by atoms with Crippen LogP contribution >= 0.6 is 0 Å². The minimum Gasteiger partial charge on any atom is -0.395 e. The third-order valence-electron chi connectivity index (χ3n) is 2.41. The molecule has 4 heteroatoms. The van der Waals surface area contributed by atoms with Crippen LogP contribution in [0.5, 0.6) is 0 Å². The van der Waals surface area contributed by atoms with Crippen molar-refractivity contribution >= 4 is 0 Å². The molecule has 1 fully saturated rings. The first-order valence-electron chi connectivity index (χ1n) is 5.36. The Morgan fingerprint density at radius 3 is 3.07 bits per heavy atom. The summed E-state index contributed by atoms with van der Waals surface area (Å²) in [6, 6.07) is 0.0716. The summed E-state index contributed by atoms with van der Waals surface area (Å²) in [5.41, 5.74) is 0. The third kappa shape index (κ3) is 4.37. The predicted molar refractivity (Wildman–Crippen MR) is 54.3 cm³/mol. The molecule has 0 spiro atoms. The van der Waals surface area contributed by atoms with E-state index >= 15 is 0 Å². The van der Waals surface area contributed by atoms with Crippen molar-refractivity contribution in [2.24, 2.45) is 5.92 Å². The molecule has 4 nitrogen and oxygen atoms in total. The zero-order valence-corrected chi connectivity index (χ0v) is 8.87. The molecular weight excluding hydrogens is 182 g/mol. The summed E-state index contributed by atoms with van der Waals surface area (Å²) in [5, 5.41) is 12.1. The lowest BCUT2D eigenvalue weighted by Crippen LogP contribution is -2.37. The fourth-order valence-corrected chi connectivity index (χ4v) is 1.56.